The van der Waals surface area contributed by atoms with Crippen molar-refractivity contribution in [3.63, 3.8) is 0 Å². The number of rotatable bonds is 6. The molecule has 13 heavy (non-hydrogen) atoms. The summed E-state index contributed by atoms with van der Waals surface area (Å²) in [5.74, 6) is 0.755. The quantitative estimate of drug-likeness (QED) is 0.676. The van der Waals surface area contributed by atoms with Crippen LogP contribution in [0.15, 0.2) is 0 Å². The van der Waals surface area contributed by atoms with E-state index < -0.39 is 0 Å². The number of hydrogen-bond donors (Lipinski definition) is 1. The van der Waals surface area contributed by atoms with Crippen LogP contribution in [-0.2, 0) is 0 Å². The minimum atomic E-state index is 0.714. The molecule has 78 valence electrons. The predicted octanol–water partition coefficient (Wildman–Crippen LogP) is 1.71. The highest BCUT2D eigenvalue weighted by Crippen LogP contribution is 2.28. The molecular formula is C11H24N2. The van der Waals surface area contributed by atoms with E-state index in [9.17, 15) is 0 Å². The van der Waals surface area contributed by atoms with Crippen LogP contribution in [0.1, 0.15) is 33.6 Å². The fraction of sp³-hybridized carbons (Fsp3) is 1.00. The average molecular weight is 184 g/mol. The van der Waals surface area contributed by atoms with Gasteiger partial charge in [0.05, 0.1) is 0 Å². The van der Waals surface area contributed by atoms with E-state index in [1.165, 1.54) is 12.8 Å². The Balaban J connectivity index is 2.23. The second-order valence-electron chi connectivity index (χ2n) is 4.42. The smallest absolute Gasteiger partial charge is 0.0105 e. The Labute approximate surface area is 82.7 Å². The van der Waals surface area contributed by atoms with Gasteiger partial charge in [-0.25, -0.2) is 0 Å². The molecule has 1 aliphatic rings. The molecule has 0 heterocycles. The highest BCUT2D eigenvalue weighted by Gasteiger charge is 2.30. The van der Waals surface area contributed by atoms with E-state index in [4.69, 9.17) is 0 Å². The van der Waals surface area contributed by atoms with Crippen molar-refractivity contribution in [2.45, 2.75) is 45.7 Å². The first-order valence-electron chi connectivity index (χ1n) is 5.59. The number of nitrogens with one attached hydrogen (secondary N) is 1. The van der Waals surface area contributed by atoms with E-state index in [2.05, 4.69) is 38.0 Å². The summed E-state index contributed by atoms with van der Waals surface area (Å²) in [6.45, 7) is 9.09. The Morgan fingerprint density at radius 3 is 2.46 bits per heavy atom. The van der Waals surface area contributed by atoms with Crippen LogP contribution >= 0.6 is 0 Å². The summed E-state index contributed by atoms with van der Waals surface area (Å²) < 4.78 is 0. The predicted molar refractivity (Wildman–Crippen MR) is 58.0 cm³/mol. The number of nitrogens with zero attached hydrogens (tertiary/aromatic N) is 1. The van der Waals surface area contributed by atoms with Crippen molar-refractivity contribution in [1.29, 1.82) is 0 Å². The second kappa shape index (κ2) is 4.97. The van der Waals surface area contributed by atoms with Gasteiger partial charge in [0.1, 0.15) is 0 Å². The summed E-state index contributed by atoms with van der Waals surface area (Å²) in [6.07, 6.45) is 2.82. The molecule has 1 aliphatic carbocycles. The molecule has 0 amide bonds. The molecule has 0 radical (unpaired) electrons. The van der Waals surface area contributed by atoms with Crippen LogP contribution in [0.3, 0.4) is 0 Å². The largest absolute Gasteiger partial charge is 0.317 e. The Morgan fingerprint density at radius 2 is 2.00 bits per heavy atom. The van der Waals surface area contributed by atoms with Gasteiger partial charge in [-0.15, -0.1) is 0 Å². The minimum absolute atomic E-state index is 0.714. The molecule has 0 aliphatic heterocycles. The molecule has 0 aromatic rings. The SMILES string of the molecule is CCNCC(C)C(C)N(C)C1CC1. The van der Waals surface area contributed by atoms with Crippen LogP contribution in [0, 0.1) is 5.92 Å². The molecule has 2 unspecified atom stereocenters. The van der Waals surface area contributed by atoms with Gasteiger partial charge in [0.2, 0.25) is 0 Å². The van der Waals surface area contributed by atoms with E-state index >= 15 is 0 Å². The van der Waals surface area contributed by atoms with Crippen molar-refractivity contribution in [1.82, 2.24) is 10.2 Å². The normalized spacial score (nSPS) is 21.9. The maximum Gasteiger partial charge on any atom is 0.0105 e. The maximum absolute atomic E-state index is 3.42. The topological polar surface area (TPSA) is 15.3 Å². The Morgan fingerprint density at radius 1 is 1.38 bits per heavy atom. The molecule has 2 nitrogen and oxygen atoms in total. The summed E-state index contributed by atoms with van der Waals surface area (Å²) in [5.41, 5.74) is 0. The summed E-state index contributed by atoms with van der Waals surface area (Å²) in [5, 5.41) is 3.42. The molecule has 0 bridgehead atoms. The van der Waals surface area contributed by atoms with Crippen molar-refractivity contribution in [2.75, 3.05) is 20.1 Å². The van der Waals surface area contributed by atoms with Crippen LogP contribution < -0.4 is 5.32 Å². The average Bonchev–Trinajstić information content (AvgIpc) is 2.94. The van der Waals surface area contributed by atoms with Gasteiger partial charge in [0.15, 0.2) is 0 Å². The fourth-order valence-electron chi connectivity index (χ4n) is 1.76. The molecule has 0 aromatic carbocycles. The molecule has 1 fully saturated rings. The summed E-state index contributed by atoms with van der Waals surface area (Å²) in [7, 11) is 2.27. The summed E-state index contributed by atoms with van der Waals surface area (Å²) in [4.78, 5) is 2.54. The van der Waals surface area contributed by atoms with Gasteiger partial charge < -0.3 is 10.2 Å². The van der Waals surface area contributed by atoms with Gasteiger partial charge in [0.25, 0.3) is 0 Å². The molecular weight excluding hydrogens is 160 g/mol. The highest BCUT2D eigenvalue weighted by molar-refractivity contribution is 4.87. The first-order valence-corrected chi connectivity index (χ1v) is 5.59. The molecule has 0 spiro atoms. The van der Waals surface area contributed by atoms with Crippen LogP contribution in [0.5, 0.6) is 0 Å². The second-order valence-corrected chi connectivity index (χ2v) is 4.42. The first-order chi connectivity index (χ1) is 6.16. The maximum atomic E-state index is 3.42. The molecule has 2 heteroatoms. The lowest BCUT2D eigenvalue weighted by molar-refractivity contribution is 0.188. The van der Waals surface area contributed by atoms with Gasteiger partial charge >= 0.3 is 0 Å². The van der Waals surface area contributed by atoms with Gasteiger partial charge in [-0.2, -0.15) is 0 Å². The fourth-order valence-corrected chi connectivity index (χ4v) is 1.76. The monoisotopic (exact) mass is 184 g/mol. The molecule has 1 rings (SSSR count). The van der Waals surface area contributed by atoms with Crippen molar-refractivity contribution in [2.24, 2.45) is 5.92 Å². The summed E-state index contributed by atoms with van der Waals surface area (Å²) in [6, 6.07) is 1.60. The van der Waals surface area contributed by atoms with Crippen molar-refractivity contribution < 1.29 is 0 Å². The van der Waals surface area contributed by atoms with Crippen LogP contribution in [0.2, 0.25) is 0 Å². The Bertz CT molecular complexity index is 143. The zero-order valence-electron chi connectivity index (χ0n) is 9.51. The lowest BCUT2D eigenvalue weighted by atomic mass is 10.0. The van der Waals surface area contributed by atoms with E-state index in [-0.39, 0.29) is 0 Å². The number of hydrogen-bond acceptors (Lipinski definition) is 2. The molecule has 1 saturated carbocycles. The van der Waals surface area contributed by atoms with E-state index in [0.29, 0.717) is 6.04 Å². The van der Waals surface area contributed by atoms with Gasteiger partial charge in [-0.05, 0) is 45.8 Å². The lowest BCUT2D eigenvalue weighted by Gasteiger charge is -2.30. The van der Waals surface area contributed by atoms with Gasteiger partial charge in [-0.3, -0.25) is 0 Å². The first kappa shape index (κ1) is 11.0. The minimum Gasteiger partial charge on any atom is -0.317 e. The zero-order valence-corrected chi connectivity index (χ0v) is 9.51. The third-order valence-electron chi connectivity index (χ3n) is 3.31. The highest BCUT2D eigenvalue weighted by atomic mass is 15.2. The molecule has 0 aromatic heterocycles. The van der Waals surface area contributed by atoms with Gasteiger partial charge in [-0.1, -0.05) is 13.8 Å². The molecule has 1 N–H and O–H groups in total. The van der Waals surface area contributed by atoms with Crippen LogP contribution in [-0.4, -0.2) is 37.1 Å². The standard InChI is InChI=1S/C11H24N2/c1-5-12-8-9(2)10(3)13(4)11-6-7-11/h9-12H,5-8H2,1-4H3. The lowest BCUT2D eigenvalue weighted by Crippen LogP contribution is -2.40. The molecule has 0 saturated heterocycles. The summed E-state index contributed by atoms with van der Waals surface area (Å²) >= 11 is 0. The van der Waals surface area contributed by atoms with E-state index in [1.54, 1.807) is 0 Å². The van der Waals surface area contributed by atoms with E-state index in [1.807, 2.05) is 0 Å². The van der Waals surface area contributed by atoms with Crippen molar-refractivity contribution >= 4 is 0 Å². The Hall–Kier alpha value is -0.0800. The van der Waals surface area contributed by atoms with Gasteiger partial charge in [0, 0.05) is 12.1 Å². The zero-order chi connectivity index (χ0) is 9.84. The van der Waals surface area contributed by atoms with Crippen LogP contribution in [0.25, 0.3) is 0 Å². The van der Waals surface area contributed by atoms with E-state index in [0.717, 1.165) is 25.0 Å². The van der Waals surface area contributed by atoms with Crippen molar-refractivity contribution in [3.05, 3.63) is 0 Å². The Kier molecular flexibility index (Phi) is 4.20. The van der Waals surface area contributed by atoms with Crippen molar-refractivity contribution in [3.8, 4) is 0 Å². The third-order valence-corrected chi connectivity index (χ3v) is 3.31. The van der Waals surface area contributed by atoms with Crippen LogP contribution in [0.4, 0.5) is 0 Å². The molecule has 2 atom stereocenters. The third kappa shape index (κ3) is 3.28.